The first-order valence-electron chi connectivity index (χ1n) is 13.3. The van der Waals surface area contributed by atoms with Gasteiger partial charge in [-0.3, -0.25) is 0 Å². The Morgan fingerprint density at radius 1 is 1.07 bits per heavy atom. The molecule has 0 aromatic carbocycles. The summed E-state index contributed by atoms with van der Waals surface area (Å²) >= 11 is 0. The minimum Gasteiger partial charge on any atom is -0.393 e. The third-order valence-electron chi connectivity index (χ3n) is 8.62. The van der Waals surface area contributed by atoms with Gasteiger partial charge < -0.3 is 5.11 Å². The van der Waals surface area contributed by atoms with Gasteiger partial charge in [-0.15, -0.1) is 0 Å². The monoisotopic (exact) mass is 416 g/mol. The van der Waals surface area contributed by atoms with E-state index < -0.39 is 0 Å². The van der Waals surface area contributed by atoms with Crippen molar-refractivity contribution >= 4 is 0 Å². The van der Waals surface area contributed by atoms with Gasteiger partial charge in [-0.25, -0.2) is 0 Å². The third-order valence-corrected chi connectivity index (χ3v) is 8.62. The van der Waals surface area contributed by atoms with E-state index in [1.54, 1.807) is 5.57 Å². The lowest BCUT2D eigenvalue weighted by Crippen LogP contribution is -2.38. The van der Waals surface area contributed by atoms with Crippen molar-refractivity contribution < 1.29 is 5.11 Å². The molecular weight excluding hydrogens is 364 g/mol. The zero-order valence-electron chi connectivity index (χ0n) is 21.1. The Morgan fingerprint density at radius 2 is 1.80 bits per heavy atom. The molecule has 0 bridgehead atoms. The molecule has 174 valence electrons. The molecule has 30 heavy (non-hydrogen) atoms. The van der Waals surface area contributed by atoms with Crippen molar-refractivity contribution in [1.29, 1.82) is 0 Å². The van der Waals surface area contributed by atoms with E-state index in [1.807, 2.05) is 0 Å². The second-order valence-electron chi connectivity index (χ2n) is 11.5. The number of hydrogen-bond donors (Lipinski definition) is 1. The molecule has 1 heteroatoms. The van der Waals surface area contributed by atoms with E-state index in [0.29, 0.717) is 5.41 Å². The summed E-state index contributed by atoms with van der Waals surface area (Å²) in [7, 11) is 0. The molecular formula is C29H52O. The Bertz CT molecular complexity index is 545. The van der Waals surface area contributed by atoms with E-state index in [2.05, 4.69) is 59.8 Å². The molecule has 1 fully saturated rings. The zero-order chi connectivity index (χ0) is 22.1. The number of aliphatic hydroxyl groups excluding tert-OH is 1. The van der Waals surface area contributed by atoms with Crippen molar-refractivity contribution in [2.24, 2.45) is 35.0 Å². The van der Waals surface area contributed by atoms with Crippen LogP contribution in [0.1, 0.15) is 119 Å². The van der Waals surface area contributed by atoms with Gasteiger partial charge in [-0.1, -0.05) is 91.0 Å². The van der Waals surface area contributed by atoms with Crippen molar-refractivity contribution in [2.75, 3.05) is 0 Å². The summed E-state index contributed by atoms with van der Waals surface area (Å²) < 4.78 is 0. The standard InChI is InChI=1S/C29H52O/c1-7-25(22(2)3)17-15-23(4)11-8-9-12-24(5)16-18-26-13-10-14-27-21-28(30)19-20-29(26,27)6/h14-15,17,22-26,28,30H,7-13,16,18-21H2,1-6H3/t23-,24-,25+,26+,28+,29+/m0/s1. The Hall–Kier alpha value is -0.560. The van der Waals surface area contributed by atoms with E-state index in [-0.39, 0.29) is 6.10 Å². The van der Waals surface area contributed by atoms with Gasteiger partial charge >= 0.3 is 0 Å². The van der Waals surface area contributed by atoms with Crippen molar-refractivity contribution in [3.05, 3.63) is 23.8 Å². The molecule has 0 heterocycles. The van der Waals surface area contributed by atoms with Crippen LogP contribution < -0.4 is 0 Å². The molecule has 6 atom stereocenters. The second kappa shape index (κ2) is 12.5. The minimum absolute atomic E-state index is 0.0857. The lowest BCUT2D eigenvalue weighted by molar-refractivity contribution is 0.0689. The molecule has 1 N–H and O–H groups in total. The van der Waals surface area contributed by atoms with Crippen LogP contribution in [-0.2, 0) is 0 Å². The van der Waals surface area contributed by atoms with E-state index >= 15 is 0 Å². The molecule has 1 saturated carbocycles. The van der Waals surface area contributed by atoms with Gasteiger partial charge in [0, 0.05) is 0 Å². The molecule has 2 aliphatic carbocycles. The lowest BCUT2D eigenvalue weighted by atomic mass is 9.58. The number of unbranched alkanes of at least 4 members (excludes halogenated alkanes) is 1. The quantitative estimate of drug-likeness (QED) is 0.249. The fourth-order valence-electron chi connectivity index (χ4n) is 6.09. The third kappa shape index (κ3) is 7.54. The molecule has 1 nitrogen and oxygen atoms in total. The fraction of sp³-hybridized carbons (Fsp3) is 0.862. The predicted octanol–water partition coefficient (Wildman–Crippen LogP) is 8.73. The van der Waals surface area contributed by atoms with Crippen molar-refractivity contribution in [3.8, 4) is 0 Å². The zero-order valence-corrected chi connectivity index (χ0v) is 21.1. The van der Waals surface area contributed by atoms with Crippen molar-refractivity contribution in [2.45, 2.75) is 125 Å². The molecule has 0 amide bonds. The highest BCUT2D eigenvalue weighted by atomic mass is 16.3. The Labute approximate surface area is 188 Å². The summed E-state index contributed by atoms with van der Waals surface area (Å²) in [5.74, 6) is 3.92. The highest BCUT2D eigenvalue weighted by Crippen LogP contribution is 2.52. The number of hydrogen-bond acceptors (Lipinski definition) is 1. The van der Waals surface area contributed by atoms with Crippen LogP contribution in [0.15, 0.2) is 23.8 Å². The van der Waals surface area contributed by atoms with Crippen LogP contribution in [0.2, 0.25) is 0 Å². The average Bonchev–Trinajstić information content (AvgIpc) is 2.70. The fourth-order valence-corrected chi connectivity index (χ4v) is 6.09. The van der Waals surface area contributed by atoms with Crippen LogP contribution in [-0.4, -0.2) is 11.2 Å². The summed E-state index contributed by atoms with van der Waals surface area (Å²) in [6.07, 6.45) is 22.6. The molecule has 2 rings (SSSR count). The van der Waals surface area contributed by atoms with Crippen LogP contribution in [0.4, 0.5) is 0 Å². The Balaban J connectivity index is 1.65. The van der Waals surface area contributed by atoms with Gasteiger partial charge in [0.25, 0.3) is 0 Å². The van der Waals surface area contributed by atoms with Gasteiger partial charge in [-0.05, 0) is 86.4 Å². The summed E-state index contributed by atoms with van der Waals surface area (Å²) in [5.41, 5.74) is 1.96. The molecule has 0 unspecified atom stereocenters. The van der Waals surface area contributed by atoms with Gasteiger partial charge in [0.15, 0.2) is 0 Å². The SMILES string of the molecule is CC[C@H](C=C[C@@H](C)CCCC[C@H](C)CC[C@H]1CCC=C2C[C@H](O)CC[C@@]21C)C(C)C. The first kappa shape index (κ1) is 25.7. The van der Waals surface area contributed by atoms with E-state index in [0.717, 1.165) is 42.4 Å². The molecule has 0 aromatic heterocycles. The van der Waals surface area contributed by atoms with Crippen LogP contribution in [0.3, 0.4) is 0 Å². The first-order valence-corrected chi connectivity index (χ1v) is 13.3. The van der Waals surface area contributed by atoms with E-state index in [4.69, 9.17) is 0 Å². The largest absolute Gasteiger partial charge is 0.393 e. The highest BCUT2D eigenvalue weighted by Gasteiger charge is 2.42. The number of fused-ring (bicyclic) bond motifs is 1. The van der Waals surface area contributed by atoms with Crippen molar-refractivity contribution in [1.82, 2.24) is 0 Å². The lowest BCUT2D eigenvalue weighted by Gasteiger charge is -2.47. The molecule has 0 aliphatic heterocycles. The maximum atomic E-state index is 10.1. The summed E-state index contributed by atoms with van der Waals surface area (Å²) in [4.78, 5) is 0. The Kier molecular flexibility index (Phi) is 10.7. The molecule has 0 spiro atoms. The first-order chi connectivity index (χ1) is 14.3. The van der Waals surface area contributed by atoms with E-state index in [9.17, 15) is 5.11 Å². The Morgan fingerprint density at radius 3 is 2.50 bits per heavy atom. The topological polar surface area (TPSA) is 20.2 Å². The normalized spacial score (nSPS) is 30.2. The van der Waals surface area contributed by atoms with Gasteiger partial charge in [-0.2, -0.15) is 0 Å². The summed E-state index contributed by atoms with van der Waals surface area (Å²) in [5, 5.41) is 10.1. The number of rotatable bonds is 12. The molecule has 0 aromatic rings. The predicted molar refractivity (Wildman–Crippen MR) is 133 cm³/mol. The maximum absolute atomic E-state index is 10.1. The van der Waals surface area contributed by atoms with Gasteiger partial charge in [0.05, 0.1) is 6.10 Å². The summed E-state index contributed by atoms with van der Waals surface area (Å²) in [6, 6.07) is 0. The molecule has 2 aliphatic rings. The second-order valence-corrected chi connectivity index (χ2v) is 11.5. The van der Waals surface area contributed by atoms with Gasteiger partial charge in [0.2, 0.25) is 0 Å². The van der Waals surface area contributed by atoms with Crippen LogP contribution >= 0.6 is 0 Å². The summed E-state index contributed by atoms with van der Waals surface area (Å²) in [6.45, 7) is 14.4. The van der Waals surface area contributed by atoms with Crippen LogP contribution in [0.5, 0.6) is 0 Å². The van der Waals surface area contributed by atoms with Crippen LogP contribution in [0.25, 0.3) is 0 Å². The number of aliphatic hydroxyl groups is 1. The minimum atomic E-state index is -0.0857. The maximum Gasteiger partial charge on any atom is 0.0577 e. The molecule has 0 saturated heterocycles. The van der Waals surface area contributed by atoms with Crippen molar-refractivity contribution in [3.63, 3.8) is 0 Å². The average molecular weight is 417 g/mol. The van der Waals surface area contributed by atoms with Gasteiger partial charge in [0.1, 0.15) is 0 Å². The molecule has 0 radical (unpaired) electrons. The smallest absolute Gasteiger partial charge is 0.0577 e. The van der Waals surface area contributed by atoms with Crippen LogP contribution in [0, 0.1) is 35.0 Å². The number of allylic oxidation sites excluding steroid dienone is 3. The highest BCUT2D eigenvalue weighted by molar-refractivity contribution is 5.21. The van der Waals surface area contributed by atoms with E-state index in [1.165, 1.54) is 64.2 Å².